The van der Waals surface area contributed by atoms with Gasteiger partial charge in [-0.1, -0.05) is 65.8 Å². The molecule has 4 N–H and O–H groups in total. The average molecular weight is 601 g/mol. The van der Waals surface area contributed by atoms with E-state index in [2.05, 4.69) is 56.9 Å². The van der Waals surface area contributed by atoms with Gasteiger partial charge in [-0.3, -0.25) is 14.5 Å². The molecule has 0 fully saturated rings. The highest BCUT2D eigenvalue weighted by Crippen LogP contribution is 2.39. The van der Waals surface area contributed by atoms with Gasteiger partial charge in [0.2, 0.25) is 5.82 Å². The summed E-state index contributed by atoms with van der Waals surface area (Å²) in [5.74, 6) is 1.17. The zero-order valence-corrected chi connectivity index (χ0v) is 26.0. The van der Waals surface area contributed by atoms with E-state index in [4.69, 9.17) is 9.84 Å². The van der Waals surface area contributed by atoms with Crippen LogP contribution in [0.25, 0.3) is 5.65 Å². The number of ether oxygens (including phenoxy) is 1. The largest absolute Gasteiger partial charge is 0.484 e. The molecule has 3 aromatic heterocycles. The van der Waals surface area contributed by atoms with E-state index in [0.717, 1.165) is 22.6 Å². The van der Waals surface area contributed by atoms with Crippen molar-refractivity contribution >= 4 is 23.4 Å². The second-order valence-corrected chi connectivity index (χ2v) is 13.0. The number of carbonyl (C=O) groups is 2. The van der Waals surface area contributed by atoms with E-state index in [9.17, 15) is 9.59 Å². The molecule has 0 unspecified atom stereocenters. The van der Waals surface area contributed by atoms with Crippen molar-refractivity contribution in [3.05, 3.63) is 77.1 Å². The van der Waals surface area contributed by atoms with E-state index in [-0.39, 0.29) is 42.4 Å². The molecule has 12 heteroatoms. The Hall–Kier alpha value is -4.58. The molecule has 3 heterocycles. The number of fused-ring (bicyclic) bond motifs is 2. The van der Waals surface area contributed by atoms with E-state index in [1.165, 1.54) is 0 Å². The van der Waals surface area contributed by atoms with Gasteiger partial charge in [-0.15, -0.1) is 10.2 Å². The first-order valence-corrected chi connectivity index (χ1v) is 14.8. The predicted octanol–water partition coefficient (Wildman–Crippen LogP) is 4.61. The molecule has 12 nitrogen and oxygen atoms in total. The number of nitrogens with one attached hydrogen (secondary N) is 3. The van der Waals surface area contributed by atoms with E-state index < -0.39 is 17.4 Å². The second kappa shape index (κ2) is 12.2. The average Bonchev–Trinajstić information content (AvgIpc) is 3.41. The Morgan fingerprint density at radius 2 is 1.73 bits per heavy atom. The zero-order valence-electron chi connectivity index (χ0n) is 26.0. The Morgan fingerprint density at radius 1 is 0.977 bits per heavy atom. The lowest BCUT2D eigenvalue weighted by Crippen LogP contribution is -2.36. The molecular weight excluding hydrogens is 560 g/mol. The lowest BCUT2D eigenvalue weighted by atomic mass is 9.85. The highest BCUT2D eigenvalue weighted by Gasteiger charge is 2.30. The molecule has 0 saturated heterocycles. The summed E-state index contributed by atoms with van der Waals surface area (Å²) in [4.78, 5) is 34.4. The topological polar surface area (TPSA) is 156 Å². The maximum atomic E-state index is 13.2. The molecular formula is C32H40N8O4. The standard InChI is InChI=1S/C32H40N8O4/c1-31(2,3)24-17-25(36-27(35-24)28(42)33-15-16-41)37-30(43)34-22-12-13-23(21-10-8-7-9-20(21)22)44-19-11-14-26-38-39-29(32(4,5)6)40(26)18-19/h7-11,14,17-18,22-23,41H,12-13,15-16H2,1-6H3,(H,33,42)(H2,34,35,36,37,43)/t22-,23+/m0/s1. The highest BCUT2D eigenvalue weighted by atomic mass is 16.5. The summed E-state index contributed by atoms with van der Waals surface area (Å²) in [6.07, 6.45) is 3.08. The number of urea groups is 1. The van der Waals surface area contributed by atoms with Crippen molar-refractivity contribution in [2.24, 2.45) is 0 Å². The number of hydrogen-bond acceptors (Lipinski definition) is 8. The maximum absolute atomic E-state index is 13.2. The number of nitrogens with zero attached hydrogens (tertiary/aromatic N) is 5. The van der Waals surface area contributed by atoms with E-state index >= 15 is 0 Å². The van der Waals surface area contributed by atoms with Gasteiger partial charge in [0.1, 0.15) is 23.5 Å². The minimum absolute atomic E-state index is 0.0737. The fraction of sp³-hybridized carbons (Fsp3) is 0.438. The predicted molar refractivity (Wildman–Crippen MR) is 166 cm³/mol. The zero-order chi connectivity index (χ0) is 31.6. The van der Waals surface area contributed by atoms with Crippen molar-refractivity contribution in [1.82, 2.24) is 35.2 Å². The molecule has 0 spiro atoms. The molecule has 2 atom stereocenters. The van der Waals surface area contributed by atoms with Crippen LogP contribution in [0, 0.1) is 0 Å². The van der Waals surface area contributed by atoms with Crippen molar-refractivity contribution in [1.29, 1.82) is 0 Å². The van der Waals surface area contributed by atoms with Crippen LogP contribution in [0.1, 0.15) is 99.8 Å². The number of anilines is 1. The van der Waals surface area contributed by atoms with Gasteiger partial charge < -0.3 is 20.5 Å². The number of amides is 3. The van der Waals surface area contributed by atoms with Gasteiger partial charge in [0.25, 0.3) is 5.91 Å². The SMILES string of the molecule is CC(C)(C)c1cc(NC(=O)N[C@H]2CC[C@@H](Oc3ccc4nnc(C(C)(C)C)n4c3)c3ccccc32)nc(C(=O)NCCO)n1. The molecule has 44 heavy (non-hydrogen) atoms. The van der Waals surface area contributed by atoms with Crippen LogP contribution in [0.15, 0.2) is 48.7 Å². The quantitative estimate of drug-likeness (QED) is 0.240. The summed E-state index contributed by atoms with van der Waals surface area (Å²) < 4.78 is 8.48. The molecule has 3 amide bonds. The van der Waals surface area contributed by atoms with Crippen molar-refractivity contribution in [2.45, 2.75) is 77.4 Å². The molecule has 4 aromatic rings. The summed E-state index contributed by atoms with van der Waals surface area (Å²) >= 11 is 0. The molecule has 1 aliphatic carbocycles. The summed E-state index contributed by atoms with van der Waals surface area (Å²) in [5, 5.41) is 26.2. The van der Waals surface area contributed by atoms with Crippen LogP contribution in [0.5, 0.6) is 5.75 Å². The fourth-order valence-corrected chi connectivity index (χ4v) is 5.20. The lowest BCUT2D eigenvalue weighted by molar-refractivity contribution is 0.0934. The number of hydrogen-bond donors (Lipinski definition) is 4. The van der Waals surface area contributed by atoms with Gasteiger partial charge in [0, 0.05) is 23.4 Å². The number of aliphatic hydroxyl groups is 1. The van der Waals surface area contributed by atoms with Crippen LogP contribution in [-0.2, 0) is 10.8 Å². The van der Waals surface area contributed by atoms with Crippen LogP contribution < -0.4 is 20.7 Å². The number of rotatable bonds is 7. The van der Waals surface area contributed by atoms with Crippen molar-refractivity contribution in [2.75, 3.05) is 18.5 Å². The number of carbonyl (C=O) groups excluding carboxylic acids is 2. The van der Waals surface area contributed by atoms with Crippen LogP contribution in [0.2, 0.25) is 0 Å². The van der Waals surface area contributed by atoms with E-state index in [1.807, 2.05) is 67.8 Å². The fourth-order valence-electron chi connectivity index (χ4n) is 5.20. The molecule has 0 aliphatic heterocycles. The monoisotopic (exact) mass is 600 g/mol. The molecule has 5 rings (SSSR count). The Balaban J connectivity index is 1.33. The minimum Gasteiger partial charge on any atom is -0.484 e. The first-order chi connectivity index (χ1) is 20.8. The third kappa shape index (κ3) is 6.80. The molecule has 0 saturated carbocycles. The summed E-state index contributed by atoms with van der Waals surface area (Å²) in [5.41, 5.74) is 2.76. The highest BCUT2D eigenvalue weighted by molar-refractivity contribution is 5.92. The third-order valence-corrected chi connectivity index (χ3v) is 7.40. The Morgan fingerprint density at radius 3 is 2.43 bits per heavy atom. The van der Waals surface area contributed by atoms with Crippen LogP contribution in [0.4, 0.5) is 10.6 Å². The molecule has 232 valence electrons. The second-order valence-electron chi connectivity index (χ2n) is 13.0. The van der Waals surface area contributed by atoms with Gasteiger partial charge >= 0.3 is 6.03 Å². The summed E-state index contributed by atoms with van der Waals surface area (Å²) in [6, 6.07) is 12.7. The summed E-state index contributed by atoms with van der Waals surface area (Å²) in [6.45, 7) is 12.0. The molecule has 0 bridgehead atoms. The van der Waals surface area contributed by atoms with Crippen molar-refractivity contribution < 1.29 is 19.4 Å². The normalized spacial score (nSPS) is 16.7. The molecule has 0 radical (unpaired) electrons. The maximum Gasteiger partial charge on any atom is 0.320 e. The van der Waals surface area contributed by atoms with Crippen LogP contribution >= 0.6 is 0 Å². The van der Waals surface area contributed by atoms with Gasteiger partial charge in [-0.25, -0.2) is 14.8 Å². The minimum atomic E-state index is -0.529. The van der Waals surface area contributed by atoms with E-state index in [1.54, 1.807) is 6.07 Å². The Labute approximate surface area is 256 Å². The lowest BCUT2D eigenvalue weighted by Gasteiger charge is -2.32. The van der Waals surface area contributed by atoms with Gasteiger partial charge in [-0.2, -0.15) is 0 Å². The number of aromatic nitrogens is 5. The third-order valence-electron chi connectivity index (χ3n) is 7.40. The first-order valence-electron chi connectivity index (χ1n) is 14.8. The van der Waals surface area contributed by atoms with Gasteiger partial charge in [0.15, 0.2) is 5.65 Å². The molecule has 1 aliphatic rings. The Kier molecular flexibility index (Phi) is 8.55. The summed E-state index contributed by atoms with van der Waals surface area (Å²) in [7, 11) is 0. The van der Waals surface area contributed by atoms with Crippen LogP contribution in [0.3, 0.4) is 0 Å². The number of benzene rings is 1. The smallest absolute Gasteiger partial charge is 0.320 e. The van der Waals surface area contributed by atoms with E-state index in [0.29, 0.717) is 24.3 Å². The van der Waals surface area contributed by atoms with Gasteiger partial charge in [0.05, 0.1) is 24.5 Å². The van der Waals surface area contributed by atoms with Crippen molar-refractivity contribution in [3.63, 3.8) is 0 Å². The Bertz CT molecular complexity index is 1670. The molecule has 1 aromatic carbocycles. The van der Waals surface area contributed by atoms with Crippen molar-refractivity contribution in [3.8, 4) is 5.75 Å². The first kappa shape index (κ1) is 30.9. The number of pyridine rings is 1. The van der Waals surface area contributed by atoms with Gasteiger partial charge in [-0.05, 0) is 36.1 Å². The number of aliphatic hydroxyl groups excluding tert-OH is 1. The van der Waals surface area contributed by atoms with Crippen LogP contribution in [-0.4, -0.2) is 54.8 Å².